The van der Waals surface area contributed by atoms with Crippen molar-refractivity contribution >= 4 is 29.3 Å². The molecule has 1 aromatic carbocycles. The third kappa shape index (κ3) is 4.77. The molecule has 0 saturated carbocycles. The van der Waals surface area contributed by atoms with Crippen molar-refractivity contribution in [3.63, 3.8) is 0 Å². The van der Waals surface area contributed by atoms with E-state index in [4.69, 9.17) is 11.6 Å². The summed E-state index contributed by atoms with van der Waals surface area (Å²) in [6.45, 7) is -2.94. The molecule has 9 heteroatoms. The molecule has 1 amide bonds. The lowest BCUT2D eigenvalue weighted by atomic mass is 10.2. The number of alkyl halides is 2. The van der Waals surface area contributed by atoms with Crippen molar-refractivity contribution in [2.24, 2.45) is 0 Å². The van der Waals surface area contributed by atoms with Crippen LogP contribution in [0.25, 0.3) is 0 Å². The number of amides is 1. The van der Waals surface area contributed by atoms with Crippen molar-refractivity contribution in [1.29, 1.82) is 0 Å². The van der Waals surface area contributed by atoms with Gasteiger partial charge in [-0.3, -0.25) is 4.79 Å². The summed E-state index contributed by atoms with van der Waals surface area (Å²) in [7, 11) is 0. The van der Waals surface area contributed by atoms with Gasteiger partial charge in [0.05, 0.1) is 11.2 Å². The number of benzene rings is 1. The predicted octanol–water partition coefficient (Wildman–Crippen LogP) is 3.38. The van der Waals surface area contributed by atoms with Gasteiger partial charge in [-0.05, 0) is 12.3 Å². The fourth-order valence-electron chi connectivity index (χ4n) is 1.73. The van der Waals surface area contributed by atoms with E-state index in [2.05, 4.69) is 20.0 Å². The van der Waals surface area contributed by atoms with Gasteiger partial charge in [0.15, 0.2) is 10.9 Å². The average Bonchev–Trinajstić information content (AvgIpc) is 2.53. The first-order valence-electron chi connectivity index (χ1n) is 6.38. The highest BCUT2D eigenvalue weighted by molar-refractivity contribution is 7.98. The lowest BCUT2D eigenvalue weighted by molar-refractivity contribution is -0.0504. The molecular weight excluding hydrogens is 348 g/mol. The molecule has 0 aliphatic carbocycles. The van der Waals surface area contributed by atoms with Crippen molar-refractivity contribution in [1.82, 2.24) is 15.3 Å². The van der Waals surface area contributed by atoms with E-state index in [1.165, 1.54) is 24.0 Å². The molecule has 0 radical (unpaired) electrons. The number of nitrogens with zero attached hydrogens (tertiary/aromatic N) is 2. The number of carbonyl (C=O) groups is 1. The van der Waals surface area contributed by atoms with Crippen LogP contribution in [-0.4, -0.2) is 28.7 Å². The lowest BCUT2D eigenvalue weighted by Crippen LogP contribution is -2.25. The zero-order chi connectivity index (χ0) is 16.8. The topological polar surface area (TPSA) is 64.1 Å². The number of aromatic nitrogens is 2. The van der Waals surface area contributed by atoms with E-state index >= 15 is 0 Å². The van der Waals surface area contributed by atoms with Gasteiger partial charge < -0.3 is 10.1 Å². The van der Waals surface area contributed by atoms with Gasteiger partial charge in [-0.15, -0.1) is 0 Å². The molecule has 0 saturated heterocycles. The Balaban J connectivity index is 2.11. The third-order valence-electron chi connectivity index (χ3n) is 2.75. The Morgan fingerprint density at radius 3 is 2.87 bits per heavy atom. The molecule has 0 atom stereocenters. The number of halogens is 3. The molecule has 0 unspecified atom stereocenters. The van der Waals surface area contributed by atoms with Gasteiger partial charge in [-0.25, -0.2) is 9.97 Å². The first-order chi connectivity index (χ1) is 11.0. The van der Waals surface area contributed by atoms with Crippen molar-refractivity contribution in [2.75, 3.05) is 6.26 Å². The average molecular weight is 360 g/mol. The van der Waals surface area contributed by atoms with E-state index < -0.39 is 12.5 Å². The molecule has 0 aliphatic heterocycles. The summed E-state index contributed by atoms with van der Waals surface area (Å²) in [6, 6.07) is 6.20. The van der Waals surface area contributed by atoms with Crippen molar-refractivity contribution in [3.8, 4) is 5.75 Å². The fraction of sp³-hybridized carbons (Fsp3) is 0.214. The van der Waals surface area contributed by atoms with E-state index in [1.54, 1.807) is 24.5 Å². The number of nitrogens with one attached hydrogen (secondary N) is 1. The summed E-state index contributed by atoms with van der Waals surface area (Å²) in [6.07, 6.45) is 3.10. The maximum Gasteiger partial charge on any atom is 0.387 e. The number of rotatable bonds is 6. The highest BCUT2D eigenvalue weighted by Crippen LogP contribution is 2.21. The van der Waals surface area contributed by atoms with Crippen LogP contribution in [0.3, 0.4) is 0 Å². The van der Waals surface area contributed by atoms with Gasteiger partial charge in [-0.2, -0.15) is 8.78 Å². The first-order valence-corrected chi connectivity index (χ1v) is 7.99. The minimum atomic E-state index is -2.94. The quantitative estimate of drug-likeness (QED) is 0.632. The van der Waals surface area contributed by atoms with Crippen LogP contribution in [0.2, 0.25) is 5.02 Å². The molecule has 0 spiro atoms. The Labute approximate surface area is 140 Å². The van der Waals surface area contributed by atoms with Crippen LogP contribution in [0.5, 0.6) is 5.75 Å². The summed E-state index contributed by atoms with van der Waals surface area (Å²) in [4.78, 5) is 20.1. The first kappa shape index (κ1) is 17.4. The second-order valence-electron chi connectivity index (χ2n) is 4.22. The Morgan fingerprint density at radius 1 is 1.43 bits per heavy atom. The van der Waals surface area contributed by atoms with Crippen molar-refractivity contribution < 1.29 is 18.3 Å². The highest BCUT2D eigenvalue weighted by atomic mass is 35.5. The summed E-state index contributed by atoms with van der Waals surface area (Å²) >= 11 is 7.18. The molecule has 2 aromatic rings. The molecule has 2 rings (SSSR count). The van der Waals surface area contributed by atoms with Crippen molar-refractivity contribution in [2.45, 2.75) is 18.3 Å². The maximum atomic E-state index is 12.4. The minimum absolute atomic E-state index is 0.00128. The van der Waals surface area contributed by atoms with Crippen LogP contribution < -0.4 is 10.1 Å². The largest absolute Gasteiger partial charge is 0.434 e. The van der Waals surface area contributed by atoms with Crippen molar-refractivity contribution in [3.05, 3.63) is 46.7 Å². The summed E-state index contributed by atoms with van der Waals surface area (Å²) in [5.74, 6) is -0.527. The lowest BCUT2D eigenvalue weighted by Gasteiger charge is -2.11. The molecule has 23 heavy (non-hydrogen) atoms. The zero-order valence-electron chi connectivity index (χ0n) is 11.9. The van der Waals surface area contributed by atoms with Gasteiger partial charge >= 0.3 is 6.61 Å². The molecule has 0 bridgehead atoms. The summed E-state index contributed by atoms with van der Waals surface area (Å²) in [5.41, 5.74) is 0.440. The monoisotopic (exact) mass is 359 g/mol. The van der Waals surface area contributed by atoms with Gasteiger partial charge in [0.2, 0.25) is 0 Å². The predicted molar refractivity (Wildman–Crippen MR) is 83.1 cm³/mol. The van der Waals surface area contributed by atoms with E-state index in [0.717, 1.165) is 0 Å². The number of para-hydroxylation sites is 1. The van der Waals surface area contributed by atoms with Crippen LogP contribution in [0.15, 0.2) is 35.6 Å². The van der Waals surface area contributed by atoms with E-state index in [9.17, 15) is 13.6 Å². The fourth-order valence-corrected chi connectivity index (χ4v) is 2.25. The Morgan fingerprint density at radius 2 is 2.17 bits per heavy atom. The molecule has 0 aliphatic rings. The SMILES string of the molecule is CSc1ncc(Cl)c(C(=O)NCc2ccccc2OC(F)F)n1. The van der Waals surface area contributed by atoms with E-state index in [0.29, 0.717) is 10.7 Å². The Hall–Kier alpha value is -1.93. The second-order valence-corrected chi connectivity index (χ2v) is 5.40. The number of ether oxygens (including phenoxy) is 1. The Bertz CT molecular complexity index is 703. The van der Waals surface area contributed by atoms with Crippen LogP contribution >= 0.6 is 23.4 Å². The number of carbonyl (C=O) groups excluding carboxylic acids is 1. The number of hydrogen-bond donors (Lipinski definition) is 1. The standard InChI is InChI=1S/C14H12ClF2N3O2S/c1-23-14-19-7-9(15)11(20-14)12(21)18-6-8-4-2-3-5-10(8)22-13(16)17/h2-5,7,13H,6H2,1H3,(H,18,21). The van der Waals surface area contributed by atoms with Crippen LogP contribution in [0.1, 0.15) is 16.1 Å². The molecular formula is C14H12ClF2N3O2S. The normalized spacial score (nSPS) is 10.7. The molecule has 5 nitrogen and oxygen atoms in total. The number of hydrogen-bond acceptors (Lipinski definition) is 5. The van der Waals surface area contributed by atoms with Gasteiger partial charge in [0.25, 0.3) is 5.91 Å². The third-order valence-corrected chi connectivity index (χ3v) is 3.59. The van der Waals surface area contributed by atoms with Crippen LogP contribution in [0.4, 0.5) is 8.78 Å². The zero-order valence-corrected chi connectivity index (χ0v) is 13.5. The van der Waals surface area contributed by atoms with E-state index in [-0.39, 0.29) is 23.0 Å². The van der Waals surface area contributed by atoms with Gasteiger partial charge in [0, 0.05) is 12.1 Å². The molecule has 1 heterocycles. The van der Waals surface area contributed by atoms with Gasteiger partial charge in [-0.1, -0.05) is 41.6 Å². The second kappa shape index (κ2) is 8.07. The maximum absolute atomic E-state index is 12.4. The minimum Gasteiger partial charge on any atom is -0.434 e. The van der Waals surface area contributed by atoms with Crippen LogP contribution in [-0.2, 0) is 6.54 Å². The van der Waals surface area contributed by atoms with E-state index in [1.807, 2.05) is 0 Å². The molecule has 0 fully saturated rings. The highest BCUT2D eigenvalue weighted by Gasteiger charge is 2.15. The summed E-state index contributed by atoms with van der Waals surface area (Å²) in [5, 5.41) is 3.09. The Kier molecular flexibility index (Phi) is 6.12. The summed E-state index contributed by atoms with van der Waals surface area (Å²) < 4.78 is 29.1. The molecule has 1 aromatic heterocycles. The smallest absolute Gasteiger partial charge is 0.387 e. The van der Waals surface area contributed by atoms with Gasteiger partial charge in [0.1, 0.15) is 5.75 Å². The molecule has 122 valence electrons. The number of thioether (sulfide) groups is 1. The molecule has 1 N–H and O–H groups in total. The van der Waals surface area contributed by atoms with Crippen LogP contribution in [0, 0.1) is 0 Å².